The van der Waals surface area contributed by atoms with Crippen LogP contribution in [0.4, 0.5) is 13.2 Å². The molecule has 6 heteroatoms. The first-order valence-electron chi connectivity index (χ1n) is 6.58. The summed E-state index contributed by atoms with van der Waals surface area (Å²) in [6.07, 6.45) is -4.48. The van der Waals surface area contributed by atoms with Crippen molar-refractivity contribution >= 4 is 26.5 Å². The van der Waals surface area contributed by atoms with Crippen molar-refractivity contribution in [2.75, 3.05) is 0 Å². The Labute approximate surface area is 127 Å². The Kier molecular flexibility index (Phi) is 2.77. The number of hydrogen-bond donors (Lipinski definition) is 0. The van der Waals surface area contributed by atoms with Gasteiger partial charge in [0.2, 0.25) is 0 Å². The van der Waals surface area contributed by atoms with E-state index in [1.54, 1.807) is 48.5 Å². The largest absolute Gasteiger partial charge is 0.434 e. The molecule has 0 saturated carbocycles. The number of halogens is 3. The van der Waals surface area contributed by atoms with Gasteiger partial charge in [-0.3, -0.25) is 4.40 Å². The van der Waals surface area contributed by atoms with Crippen LogP contribution in [-0.4, -0.2) is 9.38 Å². The fraction of sp³-hybridized carbons (Fsp3) is 0.0625. The Balaban J connectivity index is 2.14. The molecular weight excluding hydrogens is 309 g/mol. The lowest BCUT2D eigenvalue weighted by Gasteiger charge is -2.09. The van der Waals surface area contributed by atoms with E-state index in [9.17, 15) is 13.2 Å². The number of alkyl halides is 3. The lowest BCUT2D eigenvalue weighted by Crippen LogP contribution is -2.10. The molecule has 0 radical (unpaired) electrons. The highest BCUT2D eigenvalue weighted by atomic mass is 32.1. The van der Waals surface area contributed by atoms with E-state index in [1.165, 1.54) is 15.7 Å². The smallest absolute Gasteiger partial charge is 0.278 e. The highest BCUT2D eigenvalue weighted by Crippen LogP contribution is 2.41. The molecule has 2 heterocycles. The lowest BCUT2D eigenvalue weighted by atomic mass is 10.1. The third-order valence-electron chi connectivity index (χ3n) is 3.47. The highest BCUT2D eigenvalue weighted by molar-refractivity contribution is 7.23. The summed E-state index contributed by atoms with van der Waals surface area (Å²) in [4.78, 5) is 4.60. The van der Waals surface area contributed by atoms with Crippen molar-refractivity contribution in [1.82, 2.24) is 9.38 Å². The molecule has 110 valence electrons. The maximum atomic E-state index is 13.6. The predicted octanol–water partition coefficient (Wildman–Crippen LogP) is 5.23. The van der Waals surface area contributed by atoms with Crippen molar-refractivity contribution < 1.29 is 13.2 Å². The Morgan fingerprint density at radius 3 is 2.32 bits per heavy atom. The summed E-state index contributed by atoms with van der Waals surface area (Å²) in [6.45, 7) is 0. The van der Waals surface area contributed by atoms with Gasteiger partial charge >= 0.3 is 6.18 Å². The van der Waals surface area contributed by atoms with Crippen molar-refractivity contribution in [3.63, 3.8) is 0 Å². The van der Waals surface area contributed by atoms with Crippen LogP contribution in [0.5, 0.6) is 0 Å². The van der Waals surface area contributed by atoms with Crippen molar-refractivity contribution in [3.05, 3.63) is 60.3 Å². The Bertz CT molecular complexity index is 968. The van der Waals surface area contributed by atoms with E-state index in [4.69, 9.17) is 0 Å². The van der Waals surface area contributed by atoms with E-state index in [0.717, 1.165) is 4.70 Å². The minimum atomic E-state index is -4.48. The first-order valence-corrected chi connectivity index (χ1v) is 7.40. The summed E-state index contributed by atoms with van der Waals surface area (Å²) in [5, 5.41) is 0. The van der Waals surface area contributed by atoms with E-state index in [2.05, 4.69) is 4.98 Å². The topological polar surface area (TPSA) is 17.3 Å². The zero-order valence-corrected chi connectivity index (χ0v) is 11.9. The summed E-state index contributed by atoms with van der Waals surface area (Å²) in [6, 6.07) is 15.5. The molecule has 2 aromatic carbocycles. The van der Waals surface area contributed by atoms with Crippen molar-refractivity contribution in [1.29, 1.82) is 0 Å². The molecular formula is C16H9F3N2S. The summed E-state index contributed by atoms with van der Waals surface area (Å²) >= 11 is 1.26. The molecule has 0 bridgehead atoms. The van der Waals surface area contributed by atoms with Crippen LogP contribution in [0.25, 0.3) is 26.4 Å². The number of benzene rings is 2. The van der Waals surface area contributed by atoms with Gasteiger partial charge in [0.05, 0.1) is 10.2 Å². The Morgan fingerprint density at radius 1 is 0.909 bits per heavy atom. The summed E-state index contributed by atoms with van der Waals surface area (Å²) in [7, 11) is 0. The number of aromatic nitrogens is 2. The normalized spacial score (nSPS) is 12.3. The van der Waals surface area contributed by atoms with Crippen LogP contribution in [0.2, 0.25) is 0 Å². The third kappa shape index (κ3) is 1.91. The molecule has 0 saturated heterocycles. The van der Waals surface area contributed by atoms with Gasteiger partial charge in [-0.1, -0.05) is 53.8 Å². The fourth-order valence-electron chi connectivity index (χ4n) is 2.58. The zero-order valence-electron chi connectivity index (χ0n) is 11.1. The SMILES string of the molecule is FC(F)(F)c1c(-c2ccccc2)nc2sc3ccccc3n12. The molecule has 0 unspecified atom stereocenters. The summed E-state index contributed by atoms with van der Waals surface area (Å²) in [5.74, 6) is 0. The molecule has 0 fully saturated rings. The van der Waals surface area contributed by atoms with E-state index in [1.807, 2.05) is 6.07 Å². The first-order chi connectivity index (χ1) is 10.6. The quantitative estimate of drug-likeness (QED) is 0.469. The number of hydrogen-bond acceptors (Lipinski definition) is 2. The van der Waals surface area contributed by atoms with E-state index < -0.39 is 11.9 Å². The monoisotopic (exact) mass is 318 g/mol. The number of fused-ring (bicyclic) bond motifs is 3. The van der Waals surface area contributed by atoms with Crippen LogP contribution >= 0.6 is 11.3 Å². The van der Waals surface area contributed by atoms with E-state index in [0.29, 0.717) is 16.0 Å². The molecule has 0 amide bonds. The summed E-state index contributed by atoms with van der Waals surface area (Å²) < 4.78 is 42.9. The maximum Gasteiger partial charge on any atom is 0.434 e. The number of imidazole rings is 1. The molecule has 0 N–H and O–H groups in total. The van der Waals surface area contributed by atoms with Gasteiger partial charge in [-0.05, 0) is 12.1 Å². The average Bonchev–Trinajstić information content (AvgIpc) is 3.03. The molecule has 0 aliphatic rings. The lowest BCUT2D eigenvalue weighted by molar-refractivity contribution is -0.141. The third-order valence-corrected chi connectivity index (χ3v) is 4.49. The number of rotatable bonds is 1. The van der Waals surface area contributed by atoms with E-state index >= 15 is 0 Å². The van der Waals surface area contributed by atoms with Crippen LogP contribution in [0, 0.1) is 0 Å². The van der Waals surface area contributed by atoms with Gasteiger partial charge in [0, 0.05) is 5.56 Å². The van der Waals surface area contributed by atoms with Gasteiger partial charge in [-0.25, -0.2) is 4.98 Å². The van der Waals surface area contributed by atoms with Gasteiger partial charge in [-0.15, -0.1) is 0 Å². The van der Waals surface area contributed by atoms with Crippen LogP contribution in [0.15, 0.2) is 54.6 Å². The van der Waals surface area contributed by atoms with Crippen LogP contribution in [0.1, 0.15) is 5.69 Å². The minimum Gasteiger partial charge on any atom is -0.278 e. The second-order valence-electron chi connectivity index (χ2n) is 4.86. The van der Waals surface area contributed by atoms with Gasteiger partial charge in [0.1, 0.15) is 5.69 Å². The molecule has 4 rings (SSSR count). The van der Waals surface area contributed by atoms with Crippen LogP contribution in [-0.2, 0) is 6.18 Å². The number of thiazole rings is 1. The molecule has 4 aromatic rings. The van der Waals surface area contributed by atoms with Crippen LogP contribution in [0.3, 0.4) is 0 Å². The minimum absolute atomic E-state index is 0.0231. The van der Waals surface area contributed by atoms with Crippen molar-refractivity contribution in [3.8, 4) is 11.3 Å². The molecule has 2 aromatic heterocycles. The highest BCUT2D eigenvalue weighted by Gasteiger charge is 2.39. The number of para-hydroxylation sites is 1. The summed E-state index contributed by atoms with van der Waals surface area (Å²) in [5.41, 5.74) is 0.260. The molecule has 0 aliphatic heterocycles. The standard InChI is InChI=1S/C16H9F3N2S/c17-16(18,19)14-13(10-6-2-1-3-7-10)20-15-21(14)11-8-4-5-9-12(11)22-15/h1-9H. The Morgan fingerprint density at radius 2 is 1.59 bits per heavy atom. The number of nitrogens with zero attached hydrogens (tertiary/aromatic N) is 2. The predicted molar refractivity (Wildman–Crippen MR) is 81.0 cm³/mol. The van der Waals surface area contributed by atoms with Gasteiger partial charge < -0.3 is 0 Å². The maximum absolute atomic E-state index is 13.6. The second kappa shape index (κ2) is 4.58. The average molecular weight is 318 g/mol. The van der Waals surface area contributed by atoms with Crippen molar-refractivity contribution in [2.24, 2.45) is 0 Å². The zero-order chi connectivity index (χ0) is 15.3. The fourth-order valence-corrected chi connectivity index (χ4v) is 3.60. The van der Waals surface area contributed by atoms with Crippen molar-refractivity contribution in [2.45, 2.75) is 6.18 Å². The van der Waals surface area contributed by atoms with Gasteiger partial charge in [0.25, 0.3) is 0 Å². The second-order valence-corrected chi connectivity index (χ2v) is 5.87. The van der Waals surface area contributed by atoms with Crippen LogP contribution < -0.4 is 0 Å². The Hall–Kier alpha value is -2.34. The van der Waals surface area contributed by atoms with E-state index in [-0.39, 0.29) is 5.69 Å². The first kappa shape index (κ1) is 13.3. The molecule has 22 heavy (non-hydrogen) atoms. The molecule has 0 atom stereocenters. The molecule has 0 spiro atoms. The van der Waals surface area contributed by atoms with Gasteiger partial charge in [0.15, 0.2) is 10.7 Å². The van der Waals surface area contributed by atoms with Gasteiger partial charge in [-0.2, -0.15) is 13.2 Å². The molecule has 2 nitrogen and oxygen atoms in total. The molecule has 0 aliphatic carbocycles.